The Labute approximate surface area is 146 Å². The van der Waals surface area contributed by atoms with Gasteiger partial charge in [-0.3, -0.25) is 10.1 Å². The lowest BCUT2D eigenvalue weighted by Gasteiger charge is -2.19. The minimum Gasteiger partial charge on any atom is -0.329 e. The number of likely N-dealkylation sites (N-methyl/N-ethyl adjacent to an activating group) is 1. The van der Waals surface area contributed by atoms with Crippen LogP contribution < -0.4 is 15.5 Å². The number of carbonyl (C=O) groups excluding carboxylic acids is 2. The predicted octanol–water partition coefficient (Wildman–Crippen LogP) is 1.26. The highest BCUT2D eigenvalue weighted by molar-refractivity contribution is 7.18. The van der Waals surface area contributed by atoms with Crippen molar-refractivity contribution in [3.05, 3.63) is 29.3 Å². The van der Waals surface area contributed by atoms with Crippen molar-refractivity contribution < 1.29 is 27.7 Å². The van der Waals surface area contributed by atoms with Crippen LogP contribution in [0.4, 0.5) is 18.0 Å². The number of carbonyl (C=O) groups is 2. The van der Waals surface area contributed by atoms with Gasteiger partial charge in [0.15, 0.2) is 11.6 Å². The number of thiazole rings is 1. The van der Waals surface area contributed by atoms with Crippen molar-refractivity contribution in [3.8, 4) is 0 Å². The van der Waals surface area contributed by atoms with E-state index < -0.39 is 24.7 Å². The van der Waals surface area contributed by atoms with Crippen molar-refractivity contribution in [2.24, 2.45) is 0 Å². The van der Waals surface area contributed by atoms with E-state index in [-0.39, 0.29) is 12.6 Å². The molecule has 1 aromatic carbocycles. The summed E-state index contributed by atoms with van der Waals surface area (Å²) in [4.78, 5) is 28.4. The number of rotatable bonds is 5. The monoisotopic (exact) mass is 375 g/mol. The Bertz CT molecular complexity index is 730. The van der Waals surface area contributed by atoms with Crippen LogP contribution in [-0.4, -0.2) is 43.2 Å². The van der Waals surface area contributed by atoms with E-state index in [1.165, 1.54) is 11.3 Å². The van der Waals surface area contributed by atoms with E-state index in [9.17, 15) is 22.8 Å². The van der Waals surface area contributed by atoms with Crippen LogP contribution in [0.5, 0.6) is 0 Å². The number of hydrogen-bond donors (Lipinski definition) is 3. The Hall–Kier alpha value is -2.20. The van der Waals surface area contributed by atoms with Gasteiger partial charge >= 0.3 is 12.2 Å². The van der Waals surface area contributed by atoms with Crippen LogP contribution >= 0.6 is 11.3 Å². The van der Waals surface area contributed by atoms with Crippen LogP contribution in [0.1, 0.15) is 18.0 Å². The summed E-state index contributed by atoms with van der Waals surface area (Å²) in [7, 11) is 1.75. The summed E-state index contributed by atoms with van der Waals surface area (Å²) in [5, 5.41) is 4.32. The standard InChI is InChI=1S/C15H17F3N4O2S/c1-9(13-20-10-5-3-4-6-11(10)25-13)22(2)7-12(23)21-14(24)19-8-15(16,17)18/h3-6,9H,7-8H2,1-2H3,(H2,19,21,23,24)/p+1/t9-/m0/s1. The van der Waals surface area contributed by atoms with Gasteiger partial charge in [0.1, 0.15) is 12.6 Å². The Kier molecular flexibility index (Phi) is 5.96. The van der Waals surface area contributed by atoms with Crippen LogP contribution in [0, 0.1) is 0 Å². The van der Waals surface area contributed by atoms with Crippen LogP contribution in [0.15, 0.2) is 24.3 Å². The predicted molar refractivity (Wildman–Crippen MR) is 87.4 cm³/mol. The Morgan fingerprint density at radius 2 is 2.00 bits per heavy atom. The molecule has 1 unspecified atom stereocenters. The lowest BCUT2D eigenvalue weighted by molar-refractivity contribution is -0.902. The lowest BCUT2D eigenvalue weighted by Crippen LogP contribution is -3.10. The fourth-order valence-corrected chi connectivity index (χ4v) is 3.20. The normalized spacial score (nSPS) is 14.1. The fourth-order valence-electron chi connectivity index (χ4n) is 2.09. The second-order valence-electron chi connectivity index (χ2n) is 5.61. The largest absolute Gasteiger partial charge is 0.405 e. The number of amides is 3. The summed E-state index contributed by atoms with van der Waals surface area (Å²) in [6.45, 7) is 0.331. The fraction of sp³-hybridized carbons (Fsp3) is 0.400. The third-order valence-corrected chi connectivity index (χ3v) is 4.78. The second kappa shape index (κ2) is 7.79. The number of nitrogens with zero attached hydrogens (tertiary/aromatic N) is 1. The zero-order valence-electron chi connectivity index (χ0n) is 13.6. The quantitative estimate of drug-likeness (QED) is 0.737. The van der Waals surface area contributed by atoms with E-state index >= 15 is 0 Å². The molecule has 25 heavy (non-hydrogen) atoms. The number of fused-ring (bicyclic) bond motifs is 1. The molecule has 136 valence electrons. The highest BCUT2D eigenvalue weighted by Gasteiger charge is 2.28. The van der Waals surface area contributed by atoms with Gasteiger partial charge in [-0.15, -0.1) is 11.3 Å². The molecule has 0 radical (unpaired) electrons. The van der Waals surface area contributed by atoms with Gasteiger partial charge < -0.3 is 10.2 Å². The molecule has 2 aromatic rings. The maximum Gasteiger partial charge on any atom is 0.405 e. The van der Waals surface area contributed by atoms with Crippen LogP contribution in [-0.2, 0) is 4.79 Å². The average Bonchev–Trinajstić information content (AvgIpc) is 2.95. The zero-order chi connectivity index (χ0) is 18.6. The van der Waals surface area contributed by atoms with Crippen molar-refractivity contribution in [3.63, 3.8) is 0 Å². The lowest BCUT2D eigenvalue weighted by atomic mass is 10.3. The van der Waals surface area contributed by atoms with Crippen molar-refractivity contribution in [2.75, 3.05) is 20.1 Å². The molecule has 3 N–H and O–H groups in total. The second-order valence-corrected chi connectivity index (χ2v) is 6.67. The molecule has 0 fully saturated rings. The molecule has 0 aliphatic carbocycles. The first kappa shape index (κ1) is 19.1. The van der Waals surface area contributed by atoms with Gasteiger partial charge in [0.05, 0.1) is 17.3 Å². The number of aromatic nitrogens is 1. The number of halogens is 3. The molecule has 0 aliphatic heterocycles. The van der Waals surface area contributed by atoms with E-state index in [2.05, 4.69) is 4.98 Å². The van der Waals surface area contributed by atoms with Gasteiger partial charge in [-0.1, -0.05) is 12.1 Å². The van der Waals surface area contributed by atoms with Gasteiger partial charge in [0.25, 0.3) is 5.91 Å². The molecule has 2 atom stereocenters. The van der Waals surface area contributed by atoms with Crippen LogP contribution in [0.25, 0.3) is 10.2 Å². The summed E-state index contributed by atoms with van der Waals surface area (Å²) >= 11 is 1.52. The average molecular weight is 375 g/mol. The van der Waals surface area contributed by atoms with Crippen molar-refractivity contribution in [1.82, 2.24) is 15.6 Å². The number of alkyl halides is 3. The highest BCUT2D eigenvalue weighted by atomic mass is 32.1. The van der Waals surface area contributed by atoms with Gasteiger partial charge in [-0.05, 0) is 19.1 Å². The van der Waals surface area contributed by atoms with Gasteiger partial charge in [0.2, 0.25) is 0 Å². The number of imide groups is 1. The Morgan fingerprint density at radius 1 is 1.32 bits per heavy atom. The van der Waals surface area contributed by atoms with Gasteiger partial charge in [-0.25, -0.2) is 9.78 Å². The maximum atomic E-state index is 12.0. The first-order valence-corrected chi connectivity index (χ1v) is 8.29. The topological polar surface area (TPSA) is 75.5 Å². The molecule has 0 aliphatic rings. The molecule has 1 heterocycles. The number of quaternary nitrogens is 1. The minimum atomic E-state index is -4.52. The summed E-state index contributed by atoms with van der Waals surface area (Å²) < 4.78 is 37.1. The minimum absolute atomic E-state index is 0.0729. The van der Waals surface area contributed by atoms with E-state index in [0.717, 1.165) is 20.1 Å². The van der Waals surface area contributed by atoms with Gasteiger partial charge in [-0.2, -0.15) is 13.2 Å². The SMILES string of the molecule is C[C@@H](c1nc2ccccc2s1)[NH+](C)CC(=O)NC(=O)NCC(F)(F)F. The van der Waals surface area contributed by atoms with E-state index in [4.69, 9.17) is 0 Å². The molecule has 0 saturated heterocycles. The molecule has 0 saturated carbocycles. The Morgan fingerprint density at radius 3 is 2.64 bits per heavy atom. The third-order valence-electron chi connectivity index (χ3n) is 3.56. The molecular formula is C15H18F3N4O2S+. The molecule has 1 aromatic heterocycles. The number of hydrogen-bond acceptors (Lipinski definition) is 4. The van der Waals surface area contributed by atoms with Crippen molar-refractivity contribution in [1.29, 1.82) is 0 Å². The summed E-state index contributed by atoms with van der Waals surface area (Å²) in [5.41, 5.74) is 0.873. The van der Waals surface area contributed by atoms with E-state index in [1.54, 1.807) is 12.4 Å². The molecule has 3 amide bonds. The Balaban J connectivity index is 1.88. The van der Waals surface area contributed by atoms with Crippen molar-refractivity contribution >= 4 is 33.5 Å². The van der Waals surface area contributed by atoms with E-state index in [0.29, 0.717) is 0 Å². The highest BCUT2D eigenvalue weighted by Crippen LogP contribution is 2.24. The number of nitrogens with one attached hydrogen (secondary N) is 3. The maximum absolute atomic E-state index is 12.0. The van der Waals surface area contributed by atoms with E-state index in [1.807, 2.05) is 36.5 Å². The molecule has 6 nitrogen and oxygen atoms in total. The molecular weight excluding hydrogens is 357 g/mol. The van der Waals surface area contributed by atoms with Crippen LogP contribution in [0.3, 0.4) is 0 Å². The number of benzene rings is 1. The van der Waals surface area contributed by atoms with Crippen LogP contribution in [0.2, 0.25) is 0 Å². The first-order valence-electron chi connectivity index (χ1n) is 7.48. The molecule has 10 heteroatoms. The molecule has 0 spiro atoms. The smallest absolute Gasteiger partial charge is 0.329 e. The summed E-state index contributed by atoms with van der Waals surface area (Å²) in [6, 6.07) is 6.38. The third kappa shape index (κ3) is 5.68. The first-order chi connectivity index (χ1) is 11.7. The zero-order valence-corrected chi connectivity index (χ0v) is 14.4. The summed E-state index contributed by atoms with van der Waals surface area (Å²) in [6.07, 6.45) is -4.52. The van der Waals surface area contributed by atoms with Crippen molar-refractivity contribution in [2.45, 2.75) is 19.1 Å². The number of para-hydroxylation sites is 1. The molecule has 2 rings (SSSR count). The molecule has 0 bridgehead atoms. The summed E-state index contributed by atoms with van der Waals surface area (Å²) in [5.74, 6) is -0.662. The number of urea groups is 1. The van der Waals surface area contributed by atoms with Gasteiger partial charge in [0, 0.05) is 0 Å².